The average molecular weight is 396 g/mol. The molecule has 0 bridgehead atoms. The van der Waals surface area contributed by atoms with Crippen molar-refractivity contribution < 1.29 is 8.42 Å². The van der Waals surface area contributed by atoms with Gasteiger partial charge in [0.2, 0.25) is 10.0 Å². The molecular formula is C14H20BrClN2O2S. The SMILES string of the molecule is CN(C)C1(CN(C)S(=O)(=O)c2ccc(Br)cc2Cl)CCC1. The lowest BCUT2D eigenvalue weighted by atomic mass is 9.75. The van der Waals surface area contributed by atoms with E-state index in [0.717, 1.165) is 23.7 Å². The van der Waals surface area contributed by atoms with Crippen LogP contribution >= 0.6 is 27.5 Å². The van der Waals surface area contributed by atoms with Crippen LogP contribution in [-0.2, 0) is 10.0 Å². The number of hydrogen-bond donors (Lipinski definition) is 0. The Morgan fingerprint density at radius 1 is 1.29 bits per heavy atom. The monoisotopic (exact) mass is 394 g/mol. The standard InChI is InChI=1S/C14H20BrClN2O2S/c1-17(2)14(7-4-8-14)10-18(3)21(19,20)13-6-5-11(15)9-12(13)16/h5-6,9H,4,7-8,10H2,1-3H3. The van der Waals surface area contributed by atoms with Crippen molar-refractivity contribution in [2.45, 2.75) is 29.7 Å². The van der Waals surface area contributed by atoms with Crippen molar-refractivity contribution in [3.63, 3.8) is 0 Å². The first-order chi connectivity index (χ1) is 9.69. The zero-order valence-electron chi connectivity index (χ0n) is 12.4. The van der Waals surface area contributed by atoms with E-state index in [1.165, 1.54) is 4.31 Å². The molecule has 0 saturated heterocycles. The summed E-state index contributed by atoms with van der Waals surface area (Å²) in [6.07, 6.45) is 3.19. The highest BCUT2D eigenvalue weighted by atomic mass is 79.9. The highest BCUT2D eigenvalue weighted by Gasteiger charge is 2.42. The Kier molecular flexibility index (Phi) is 5.05. The van der Waals surface area contributed by atoms with Crippen LogP contribution in [0.1, 0.15) is 19.3 Å². The summed E-state index contributed by atoms with van der Waals surface area (Å²) in [6, 6.07) is 4.84. The Morgan fingerprint density at radius 3 is 2.33 bits per heavy atom. The fourth-order valence-corrected chi connectivity index (χ4v) is 4.94. The third-order valence-corrected chi connectivity index (χ3v) is 7.11. The van der Waals surface area contributed by atoms with Gasteiger partial charge in [-0.05, 0) is 51.6 Å². The van der Waals surface area contributed by atoms with Crippen molar-refractivity contribution in [2.75, 3.05) is 27.7 Å². The number of likely N-dealkylation sites (N-methyl/N-ethyl adjacent to an activating group) is 2. The Morgan fingerprint density at radius 2 is 1.90 bits per heavy atom. The summed E-state index contributed by atoms with van der Waals surface area (Å²) >= 11 is 9.38. The molecule has 0 unspecified atom stereocenters. The number of hydrogen-bond acceptors (Lipinski definition) is 3. The molecule has 0 spiro atoms. The third kappa shape index (κ3) is 3.29. The van der Waals surface area contributed by atoms with Gasteiger partial charge >= 0.3 is 0 Å². The van der Waals surface area contributed by atoms with Gasteiger partial charge in [-0.15, -0.1) is 0 Å². The average Bonchev–Trinajstić information content (AvgIpc) is 2.32. The smallest absolute Gasteiger partial charge is 0.244 e. The molecule has 21 heavy (non-hydrogen) atoms. The number of rotatable bonds is 5. The fraction of sp³-hybridized carbons (Fsp3) is 0.571. The minimum atomic E-state index is -3.58. The second kappa shape index (κ2) is 6.16. The number of benzene rings is 1. The molecule has 1 saturated carbocycles. The minimum absolute atomic E-state index is 0.0519. The van der Waals surface area contributed by atoms with E-state index in [1.807, 2.05) is 14.1 Å². The molecule has 0 atom stereocenters. The summed E-state index contributed by atoms with van der Waals surface area (Å²) < 4.78 is 27.6. The first-order valence-corrected chi connectivity index (χ1v) is 9.39. The van der Waals surface area contributed by atoms with Crippen LogP contribution in [0.15, 0.2) is 27.6 Å². The van der Waals surface area contributed by atoms with Crippen molar-refractivity contribution in [3.8, 4) is 0 Å². The molecule has 0 radical (unpaired) electrons. The van der Waals surface area contributed by atoms with Crippen molar-refractivity contribution in [1.29, 1.82) is 0 Å². The third-order valence-electron chi connectivity index (χ3n) is 4.33. The summed E-state index contributed by atoms with van der Waals surface area (Å²) in [4.78, 5) is 2.29. The maximum atomic E-state index is 12.7. The van der Waals surface area contributed by atoms with E-state index in [1.54, 1.807) is 25.2 Å². The lowest BCUT2D eigenvalue weighted by Crippen LogP contribution is -2.57. The Hall–Kier alpha value is -0.140. The molecule has 1 aromatic carbocycles. The van der Waals surface area contributed by atoms with Crippen LogP contribution < -0.4 is 0 Å². The largest absolute Gasteiger partial charge is 0.302 e. The molecule has 1 aliphatic carbocycles. The molecule has 1 aromatic rings. The van der Waals surface area contributed by atoms with Gasteiger partial charge in [-0.25, -0.2) is 8.42 Å². The van der Waals surface area contributed by atoms with Gasteiger partial charge in [0.25, 0.3) is 0 Å². The van der Waals surface area contributed by atoms with Crippen molar-refractivity contribution >= 4 is 37.6 Å². The van der Waals surface area contributed by atoms with Crippen molar-refractivity contribution in [2.24, 2.45) is 0 Å². The molecule has 4 nitrogen and oxygen atoms in total. The second-order valence-corrected chi connectivity index (χ2v) is 9.14. The molecule has 0 heterocycles. The lowest BCUT2D eigenvalue weighted by molar-refractivity contribution is 0.0455. The predicted molar refractivity (Wildman–Crippen MR) is 89.2 cm³/mol. The van der Waals surface area contributed by atoms with Gasteiger partial charge in [-0.3, -0.25) is 0 Å². The molecule has 0 N–H and O–H groups in total. The van der Waals surface area contributed by atoms with Crippen LogP contribution in [-0.4, -0.2) is 50.8 Å². The summed E-state index contributed by atoms with van der Waals surface area (Å²) in [5, 5.41) is 0.240. The Labute approximate surface area is 140 Å². The maximum absolute atomic E-state index is 12.7. The van der Waals surface area contributed by atoms with Crippen LogP contribution in [0.5, 0.6) is 0 Å². The number of nitrogens with zero attached hydrogens (tertiary/aromatic N) is 2. The minimum Gasteiger partial charge on any atom is -0.302 e. The molecule has 118 valence electrons. The van der Waals surface area contributed by atoms with Gasteiger partial charge in [-0.1, -0.05) is 27.5 Å². The molecule has 0 amide bonds. The van der Waals surface area contributed by atoms with E-state index < -0.39 is 10.0 Å². The van der Waals surface area contributed by atoms with Crippen LogP contribution in [0.2, 0.25) is 5.02 Å². The zero-order valence-corrected chi connectivity index (χ0v) is 15.6. The van der Waals surface area contributed by atoms with Crippen molar-refractivity contribution in [3.05, 3.63) is 27.7 Å². The zero-order chi connectivity index (χ0) is 15.8. The first kappa shape index (κ1) is 17.2. The van der Waals surface area contributed by atoms with Crippen LogP contribution in [0.25, 0.3) is 0 Å². The topological polar surface area (TPSA) is 40.6 Å². The van der Waals surface area contributed by atoms with Crippen molar-refractivity contribution in [1.82, 2.24) is 9.21 Å². The van der Waals surface area contributed by atoms with Gasteiger partial charge in [0.05, 0.1) is 5.02 Å². The Bertz CT molecular complexity index is 630. The second-order valence-electron chi connectivity index (χ2n) is 5.81. The van der Waals surface area contributed by atoms with Gasteiger partial charge in [-0.2, -0.15) is 4.31 Å². The van der Waals surface area contributed by atoms with E-state index in [4.69, 9.17) is 11.6 Å². The molecule has 0 aliphatic heterocycles. The van der Waals surface area contributed by atoms with Gasteiger partial charge in [0.15, 0.2) is 0 Å². The van der Waals surface area contributed by atoms with Crippen LogP contribution in [0.3, 0.4) is 0 Å². The molecule has 1 fully saturated rings. The fourth-order valence-electron chi connectivity index (χ4n) is 2.68. The summed E-state index contributed by atoms with van der Waals surface area (Å²) in [5.41, 5.74) is -0.0519. The van der Waals surface area contributed by atoms with Crippen LogP contribution in [0.4, 0.5) is 0 Å². The van der Waals surface area contributed by atoms with E-state index in [-0.39, 0.29) is 15.5 Å². The maximum Gasteiger partial charge on any atom is 0.244 e. The molecule has 1 aliphatic rings. The quantitative estimate of drug-likeness (QED) is 0.768. The van der Waals surface area contributed by atoms with Gasteiger partial charge < -0.3 is 4.90 Å². The molecule has 2 rings (SSSR count). The first-order valence-electron chi connectivity index (χ1n) is 6.78. The number of sulfonamides is 1. The van der Waals surface area contributed by atoms with Crippen LogP contribution in [0, 0.1) is 0 Å². The summed E-state index contributed by atoms with van der Waals surface area (Å²) in [5.74, 6) is 0. The van der Waals surface area contributed by atoms with Gasteiger partial charge in [0.1, 0.15) is 4.90 Å². The highest BCUT2D eigenvalue weighted by Crippen LogP contribution is 2.38. The lowest BCUT2D eigenvalue weighted by Gasteiger charge is -2.48. The summed E-state index contributed by atoms with van der Waals surface area (Å²) in [6.45, 7) is 0.481. The summed E-state index contributed by atoms with van der Waals surface area (Å²) in [7, 11) is 2.06. The molecular weight excluding hydrogens is 376 g/mol. The van der Waals surface area contributed by atoms with E-state index in [2.05, 4.69) is 20.8 Å². The molecule has 7 heteroatoms. The predicted octanol–water partition coefficient (Wildman–Crippen LogP) is 3.21. The molecule has 0 aromatic heterocycles. The van der Waals surface area contributed by atoms with E-state index in [0.29, 0.717) is 6.54 Å². The normalized spacial score (nSPS) is 18.0. The Balaban J connectivity index is 2.27. The highest BCUT2D eigenvalue weighted by molar-refractivity contribution is 9.10. The van der Waals surface area contributed by atoms with E-state index in [9.17, 15) is 8.42 Å². The number of halogens is 2. The van der Waals surface area contributed by atoms with Gasteiger partial charge in [0, 0.05) is 23.6 Å². The van der Waals surface area contributed by atoms with E-state index >= 15 is 0 Å².